The van der Waals surface area contributed by atoms with Crippen LogP contribution < -0.4 is 32.7 Å². The molecule has 0 aliphatic carbocycles. The Morgan fingerprint density at radius 2 is 1.50 bits per heavy atom. The van der Waals surface area contributed by atoms with Gasteiger partial charge in [0.25, 0.3) is 0 Å². The van der Waals surface area contributed by atoms with Gasteiger partial charge in [-0.1, -0.05) is 48.5 Å². The zero-order valence-corrected chi connectivity index (χ0v) is 35.9. The lowest BCUT2D eigenvalue weighted by molar-refractivity contribution is -0.155. The van der Waals surface area contributed by atoms with Crippen molar-refractivity contribution in [2.75, 3.05) is 26.8 Å². The zero-order chi connectivity index (χ0) is 45.6. The molecule has 334 valence electrons. The number of aromatic nitrogens is 1. The van der Waals surface area contributed by atoms with E-state index in [1.807, 2.05) is 42.5 Å². The summed E-state index contributed by atoms with van der Waals surface area (Å²) in [5.41, 5.74) is 10.8. The Morgan fingerprint density at radius 1 is 0.839 bits per heavy atom. The van der Waals surface area contributed by atoms with Crippen LogP contribution in [0.15, 0.2) is 67.0 Å². The highest BCUT2D eigenvalue weighted by molar-refractivity contribution is 5.99. The van der Waals surface area contributed by atoms with Crippen LogP contribution in [0.3, 0.4) is 0 Å². The Balaban J connectivity index is 1.57. The van der Waals surface area contributed by atoms with E-state index in [2.05, 4.69) is 26.3 Å². The molecule has 2 heterocycles. The number of likely N-dealkylation sites (N-methyl/N-ethyl adjacent to an activating group) is 1. The van der Waals surface area contributed by atoms with E-state index >= 15 is 0 Å². The van der Waals surface area contributed by atoms with Crippen LogP contribution in [0.2, 0.25) is 0 Å². The van der Waals surface area contributed by atoms with Gasteiger partial charge in [0.15, 0.2) is 0 Å². The minimum atomic E-state index is -1.66. The highest BCUT2D eigenvalue weighted by Crippen LogP contribution is 2.23. The number of hydrogen-bond acceptors (Lipinski definition) is 12. The van der Waals surface area contributed by atoms with Crippen LogP contribution in [-0.2, 0) is 60.7 Å². The van der Waals surface area contributed by atoms with E-state index in [1.54, 1.807) is 32.9 Å². The summed E-state index contributed by atoms with van der Waals surface area (Å²) in [6.07, 6.45) is 1.76. The first-order valence-corrected chi connectivity index (χ1v) is 20.4. The third kappa shape index (κ3) is 14.7. The Hall–Kier alpha value is -6.27. The monoisotopic (exact) mass is 858 g/mol. The first kappa shape index (κ1) is 48.4. The largest absolute Gasteiger partial charge is 0.460 e. The molecular formula is C44H58N8O10. The quantitative estimate of drug-likeness (QED) is 0.0849. The molecule has 18 heteroatoms. The van der Waals surface area contributed by atoms with Gasteiger partial charge in [0.05, 0.1) is 19.0 Å². The predicted molar refractivity (Wildman–Crippen MR) is 227 cm³/mol. The number of nitrogens with one attached hydrogen (secondary N) is 4. The van der Waals surface area contributed by atoms with Gasteiger partial charge in [0.1, 0.15) is 35.0 Å². The van der Waals surface area contributed by atoms with Gasteiger partial charge in [-0.25, -0.2) is 0 Å². The fourth-order valence-corrected chi connectivity index (χ4v) is 6.98. The Kier molecular flexibility index (Phi) is 17.2. The number of fused-ring (bicyclic) bond motifs is 1. The minimum absolute atomic E-state index is 0.0187. The summed E-state index contributed by atoms with van der Waals surface area (Å²) >= 11 is 0. The van der Waals surface area contributed by atoms with Crippen LogP contribution in [0.1, 0.15) is 70.9 Å². The number of nitrogens with two attached hydrogens (primary N) is 2. The molecular weight excluding hydrogens is 801 g/mol. The van der Waals surface area contributed by atoms with E-state index < -0.39 is 83.1 Å². The number of ether oxygens (including phenoxy) is 2. The number of Topliss-reactive ketones (excluding diaryl/α,β-unsaturated/α-hetero) is 1. The van der Waals surface area contributed by atoms with Crippen molar-refractivity contribution in [3.8, 4) is 0 Å². The lowest BCUT2D eigenvalue weighted by Gasteiger charge is -2.38. The molecule has 1 saturated heterocycles. The van der Waals surface area contributed by atoms with Crippen molar-refractivity contribution in [1.29, 1.82) is 0 Å². The molecule has 0 bridgehead atoms. The zero-order valence-electron chi connectivity index (χ0n) is 35.9. The van der Waals surface area contributed by atoms with E-state index in [-0.39, 0.29) is 64.1 Å². The van der Waals surface area contributed by atoms with E-state index in [9.17, 15) is 38.4 Å². The van der Waals surface area contributed by atoms with E-state index in [4.69, 9.17) is 20.9 Å². The third-order valence-electron chi connectivity index (χ3n) is 10.1. The number of pyridine rings is 1. The molecule has 8 N–H and O–H groups in total. The van der Waals surface area contributed by atoms with Gasteiger partial charge in [-0.2, -0.15) is 0 Å². The summed E-state index contributed by atoms with van der Waals surface area (Å²) in [7, 11) is 1.39. The molecule has 1 aliphatic rings. The maximum Gasteiger partial charge on any atom is 0.306 e. The van der Waals surface area contributed by atoms with Gasteiger partial charge in [0.2, 0.25) is 35.4 Å². The second-order valence-electron chi connectivity index (χ2n) is 16.6. The number of carbonyl (C=O) groups is 8. The molecule has 2 aromatic carbocycles. The van der Waals surface area contributed by atoms with Gasteiger partial charge >= 0.3 is 5.97 Å². The van der Waals surface area contributed by atoms with E-state index in [1.165, 1.54) is 26.4 Å². The van der Waals surface area contributed by atoms with Crippen molar-refractivity contribution in [2.45, 2.75) is 108 Å². The molecule has 0 saturated carbocycles. The Labute approximate surface area is 360 Å². The van der Waals surface area contributed by atoms with E-state index in [0.29, 0.717) is 5.56 Å². The number of hydrogen-bond donors (Lipinski definition) is 6. The first-order chi connectivity index (χ1) is 29.2. The number of ketones is 1. The second-order valence-corrected chi connectivity index (χ2v) is 16.6. The van der Waals surface area contributed by atoms with Gasteiger partial charge in [0, 0.05) is 58.3 Å². The van der Waals surface area contributed by atoms with Crippen LogP contribution in [0.5, 0.6) is 0 Å². The van der Waals surface area contributed by atoms with Crippen LogP contribution in [0.4, 0.5) is 0 Å². The van der Waals surface area contributed by atoms with E-state index in [0.717, 1.165) is 21.2 Å². The highest BCUT2D eigenvalue weighted by atomic mass is 16.6. The fourth-order valence-electron chi connectivity index (χ4n) is 6.98. The van der Waals surface area contributed by atoms with Crippen molar-refractivity contribution in [2.24, 2.45) is 11.5 Å². The van der Waals surface area contributed by atoms with Gasteiger partial charge < -0.3 is 47.1 Å². The minimum Gasteiger partial charge on any atom is -0.460 e. The first-order valence-electron chi connectivity index (χ1n) is 20.4. The molecule has 62 heavy (non-hydrogen) atoms. The van der Waals surface area contributed by atoms with Crippen LogP contribution in [0.25, 0.3) is 10.8 Å². The van der Waals surface area contributed by atoms with Crippen LogP contribution in [-0.4, -0.2) is 119 Å². The molecule has 3 aromatic rings. The maximum atomic E-state index is 14.4. The number of primary amides is 1. The molecule has 6 amide bonds. The summed E-state index contributed by atoms with van der Waals surface area (Å²) < 4.78 is 11.0. The number of rotatable bonds is 20. The number of benzene rings is 2. The normalized spacial score (nSPS) is 15.5. The summed E-state index contributed by atoms with van der Waals surface area (Å²) in [6, 6.07) is 11.3. The summed E-state index contributed by atoms with van der Waals surface area (Å²) in [5, 5.41) is 12.5. The summed E-state index contributed by atoms with van der Waals surface area (Å²) in [4.78, 5) is 112. The molecule has 0 spiro atoms. The molecule has 4 rings (SSSR count). The Bertz CT molecular complexity index is 2100. The Morgan fingerprint density at radius 3 is 2.13 bits per heavy atom. The van der Waals surface area contributed by atoms with Crippen molar-refractivity contribution in [3.05, 3.63) is 78.1 Å². The van der Waals surface area contributed by atoms with Gasteiger partial charge in [-0.3, -0.25) is 43.3 Å². The topological polar surface area (TPSA) is 271 Å². The van der Waals surface area contributed by atoms with Gasteiger partial charge in [-0.05, 0) is 68.5 Å². The highest BCUT2D eigenvalue weighted by Gasteiger charge is 2.44. The molecule has 1 aliphatic heterocycles. The molecule has 0 radical (unpaired) electrons. The molecule has 4 atom stereocenters. The number of esters is 1. The average Bonchev–Trinajstić information content (AvgIpc) is 3.20. The van der Waals surface area contributed by atoms with Crippen molar-refractivity contribution in [1.82, 2.24) is 31.2 Å². The standard InChI is InChI=1S/C44H58N8O10/c1-27(53)26-52(5)41(59)35(23-29-9-8-18-47-25-29)49-40(58)34(24-36(46)54)48-39(57)33(14-15-37(55)62-43(2,3)4)50-42(60)44(16-19-61-20-17-44)51-38(56)32(45)22-28-12-13-30-10-6-7-11-31(30)21-28/h6-13,18,21,25,32-35H,14-17,19-20,22-24,26,45H2,1-5H3,(H2,46,54)(H,48,57)(H,49,58)(H,50,60)(H,51,56)/t32-,33-,34-,35-/m0/s1. The molecule has 18 nitrogen and oxygen atoms in total. The average molecular weight is 859 g/mol. The number of amides is 6. The second kappa shape index (κ2) is 22.0. The number of nitrogens with zero attached hydrogens (tertiary/aromatic N) is 2. The lowest BCUT2D eigenvalue weighted by atomic mass is 9.87. The lowest BCUT2D eigenvalue weighted by Crippen LogP contribution is -2.66. The number of carbonyl (C=O) groups excluding carboxylic acids is 8. The smallest absolute Gasteiger partial charge is 0.306 e. The molecule has 1 fully saturated rings. The van der Waals surface area contributed by atoms with Crippen LogP contribution in [0, 0.1) is 0 Å². The maximum absolute atomic E-state index is 14.4. The van der Waals surface area contributed by atoms with Gasteiger partial charge in [-0.15, -0.1) is 0 Å². The van der Waals surface area contributed by atoms with Crippen molar-refractivity contribution in [3.63, 3.8) is 0 Å². The third-order valence-corrected chi connectivity index (χ3v) is 10.1. The van der Waals surface area contributed by atoms with Crippen LogP contribution >= 0.6 is 0 Å². The van der Waals surface area contributed by atoms with Crippen molar-refractivity contribution < 1.29 is 47.8 Å². The predicted octanol–water partition coefficient (Wildman–Crippen LogP) is 0.512. The summed E-state index contributed by atoms with van der Waals surface area (Å²) in [5.74, 6) is -5.95. The fraction of sp³-hybridized carbons (Fsp3) is 0.477. The SMILES string of the molecule is CC(=O)CN(C)C(=O)[C@H](Cc1cccnc1)NC(=O)[C@H](CC(N)=O)NC(=O)[C@H](CCC(=O)OC(C)(C)C)NC(=O)C1(NC(=O)[C@@H](N)Cc2ccc3ccccc3c2)CCOCC1. The summed E-state index contributed by atoms with van der Waals surface area (Å²) in [6.45, 7) is 6.22. The molecule has 1 aromatic heterocycles. The van der Waals surface area contributed by atoms with Crippen molar-refractivity contribution >= 4 is 58.0 Å². The molecule has 0 unspecified atom stereocenters.